The summed E-state index contributed by atoms with van der Waals surface area (Å²) in [6.07, 6.45) is 0.663. The summed E-state index contributed by atoms with van der Waals surface area (Å²) in [6, 6.07) is 0. The molecule has 0 heterocycles. The van der Waals surface area contributed by atoms with Gasteiger partial charge in [0.2, 0.25) is 0 Å². The lowest BCUT2D eigenvalue weighted by Crippen LogP contribution is -2.03. The third kappa shape index (κ3) is 4.05. The first-order valence-corrected chi connectivity index (χ1v) is 7.98. The minimum Gasteiger partial charge on any atom is -0.202 e. The number of rotatable bonds is 6. The van der Waals surface area contributed by atoms with E-state index >= 15 is 0 Å². The Labute approximate surface area is 119 Å². The van der Waals surface area contributed by atoms with Crippen LogP contribution < -0.4 is 0 Å². The Balaban J connectivity index is 3.15. The maximum absolute atomic E-state index is 13.8. The molecule has 0 saturated carbocycles. The molecule has 6 heteroatoms. The zero-order valence-electron chi connectivity index (χ0n) is 11.0. The molecule has 108 valence electrons. The van der Waals surface area contributed by atoms with Gasteiger partial charge in [-0.25, -0.2) is 17.6 Å². The lowest BCUT2D eigenvalue weighted by Gasteiger charge is -2.12. The summed E-state index contributed by atoms with van der Waals surface area (Å²) in [5, 5.41) is 0. The molecular weight excluding hydrogens is 296 g/mol. The molecule has 0 radical (unpaired) electrons. The first-order chi connectivity index (χ1) is 8.90. The molecule has 0 bridgehead atoms. The molecule has 0 unspecified atom stereocenters. The minimum absolute atomic E-state index is 0.170. The van der Waals surface area contributed by atoms with Crippen LogP contribution in [0.25, 0.3) is 0 Å². The molecule has 1 rings (SSSR count). The standard InChI is InChI=1S/C13H16F4S2/c1-4-5-18-12-8(14)10(16)13(11(17)9(12)15)19-6-7(2)3/h7H,4-6H2,1-3H3. The molecule has 1 aromatic carbocycles. The van der Waals surface area contributed by atoms with Gasteiger partial charge in [-0.1, -0.05) is 20.8 Å². The van der Waals surface area contributed by atoms with Crippen LogP contribution >= 0.6 is 23.5 Å². The largest absolute Gasteiger partial charge is 0.202 e. The predicted octanol–water partition coefficient (Wildman–Crippen LogP) is 5.49. The third-order valence-corrected chi connectivity index (χ3v) is 4.93. The van der Waals surface area contributed by atoms with Gasteiger partial charge in [0.15, 0.2) is 23.3 Å². The number of benzene rings is 1. The van der Waals surface area contributed by atoms with Crippen LogP contribution in [0.15, 0.2) is 9.79 Å². The zero-order chi connectivity index (χ0) is 14.6. The van der Waals surface area contributed by atoms with Crippen molar-refractivity contribution in [2.75, 3.05) is 11.5 Å². The average molecular weight is 312 g/mol. The van der Waals surface area contributed by atoms with Gasteiger partial charge in [0.1, 0.15) is 0 Å². The van der Waals surface area contributed by atoms with Crippen LogP contribution in [0.3, 0.4) is 0 Å². The van der Waals surface area contributed by atoms with E-state index in [0.717, 1.165) is 23.5 Å². The van der Waals surface area contributed by atoms with Gasteiger partial charge in [-0.3, -0.25) is 0 Å². The molecule has 0 aliphatic carbocycles. The van der Waals surface area contributed by atoms with Gasteiger partial charge in [0.05, 0.1) is 9.79 Å². The summed E-state index contributed by atoms with van der Waals surface area (Å²) in [6.45, 7) is 5.55. The second-order valence-electron chi connectivity index (χ2n) is 4.47. The van der Waals surface area contributed by atoms with Crippen molar-refractivity contribution in [3.05, 3.63) is 23.3 Å². The number of hydrogen-bond acceptors (Lipinski definition) is 2. The highest BCUT2D eigenvalue weighted by Gasteiger charge is 2.25. The van der Waals surface area contributed by atoms with Crippen LogP contribution in [0, 0.1) is 29.2 Å². The van der Waals surface area contributed by atoms with Gasteiger partial charge in [-0.15, -0.1) is 23.5 Å². The highest BCUT2D eigenvalue weighted by molar-refractivity contribution is 7.99. The van der Waals surface area contributed by atoms with Crippen LogP contribution in [-0.4, -0.2) is 11.5 Å². The van der Waals surface area contributed by atoms with E-state index in [4.69, 9.17) is 0 Å². The number of hydrogen-bond donors (Lipinski definition) is 0. The fourth-order valence-electron chi connectivity index (χ4n) is 1.30. The van der Waals surface area contributed by atoms with Crippen molar-refractivity contribution in [2.24, 2.45) is 5.92 Å². The van der Waals surface area contributed by atoms with E-state index in [1.165, 1.54) is 0 Å². The Kier molecular flexibility index (Phi) is 6.53. The van der Waals surface area contributed by atoms with Crippen molar-refractivity contribution >= 4 is 23.5 Å². The molecule has 0 aliphatic heterocycles. The molecule has 0 N–H and O–H groups in total. The van der Waals surface area contributed by atoms with Crippen molar-refractivity contribution in [3.8, 4) is 0 Å². The maximum atomic E-state index is 13.8. The summed E-state index contributed by atoms with van der Waals surface area (Å²) in [5.74, 6) is -4.18. The van der Waals surface area contributed by atoms with Gasteiger partial charge in [-0.05, 0) is 18.1 Å². The second kappa shape index (κ2) is 7.43. The Hall–Kier alpha value is -0.360. The summed E-state index contributed by atoms with van der Waals surface area (Å²) in [5.41, 5.74) is 0. The van der Waals surface area contributed by atoms with Gasteiger partial charge in [0, 0.05) is 5.75 Å². The maximum Gasteiger partial charge on any atom is 0.176 e. The zero-order valence-corrected chi connectivity index (χ0v) is 12.7. The van der Waals surface area contributed by atoms with Crippen LogP contribution in [-0.2, 0) is 0 Å². The van der Waals surface area contributed by atoms with E-state index in [9.17, 15) is 17.6 Å². The Morgan fingerprint density at radius 3 is 1.63 bits per heavy atom. The highest BCUT2D eigenvalue weighted by atomic mass is 32.2. The summed E-state index contributed by atoms with van der Waals surface area (Å²) < 4.78 is 55.0. The van der Waals surface area contributed by atoms with Crippen LogP contribution in [0.5, 0.6) is 0 Å². The van der Waals surface area contributed by atoms with Crippen LogP contribution in [0.1, 0.15) is 27.2 Å². The SMILES string of the molecule is CCCSc1c(F)c(F)c(SCC(C)C)c(F)c1F. The molecule has 0 spiro atoms. The predicted molar refractivity (Wildman–Crippen MR) is 72.9 cm³/mol. The minimum atomic E-state index is -1.29. The van der Waals surface area contributed by atoms with Crippen molar-refractivity contribution in [3.63, 3.8) is 0 Å². The lowest BCUT2D eigenvalue weighted by atomic mass is 10.3. The highest BCUT2D eigenvalue weighted by Crippen LogP contribution is 2.36. The second-order valence-corrected chi connectivity index (χ2v) is 6.60. The molecule has 0 amide bonds. The topological polar surface area (TPSA) is 0 Å². The Bertz CT molecular complexity index is 418. The molecule has 0 aromatic heterocycles. The molecule has 0 fully saturated rings. The van der Waals surface area contributed by atoms with Gasteiger partial charge >= 0.3 is 0 Å². The van der Waals surface area contributed by atoms with Crippen LogP contribution in [0.4, 0.5) is 17.6 Å². The van der Waals surface area contributed by atoms with Gasteiger partial charge in [0.25, 0.3) is 0 Å². The molecule has 1 aromatic rings. The van der Waals surface area contributed by atoms with Gasteiger partial charge in [-0.2, -0.15) is 0 Å². The van der Waals surface area contributed by atoms with Crippen molar-refractivity contribution < 1.29 is 17.6 Å². The number of thioether (sulfide) groups is 2. The quantitative estimate of drug-likeness (QED) is 0.387. The fourth-order valence-corrected chi connectivity index (χ4v) is 3.07. The first-order valence-electron chi connectivity index (χ1n) is 6.01. The van der Waals surface area contributed by atoms with Crippen molar-refractivity contribution in [1.82, 2.24) is 0 Å². The molecule has 19 heavy (non-hydrogen) atoms. The van der Waals surface area contributed by atoms with Gasteiger partial charge < -0.3 is 0 Å². The van der Waals surface area contributed by atoms with E-state index in [1.54, 1.807) is 0 Å². The van der Waals surface area contributed by atoms with E-state index in [2.05, 4.69) is 0 Å². The fraction of sp³-hybridized carbons (Fsp3) is 0.538. The lowest BCUT2D eigenvalue weighted by molar-refractivity contribution is 0.400. The molecule has 0 atom stereocenters. The van der Waals surface area contributed by atoms with E-state index in [0.29, 0.717) is 17.9 Å². The molecular formula is C13H16F4S2. The van der Waals surface area contributed by atoms with Crippen LogP contribution in [0.2, 0.25) is 0 Å². The Morgan fingerprint density at radius 1 is 0.842 bits per heavy atom. The summed E-state index contributed by atoms with van der Waals surface area (Å²) in [7, 11) is 0. The normalized spacial score (nSPS) is 11.4. The van der Waals surface area contributed by atoms with Crippen molar-refractivity contribution in [2.45, 2.75) is 37.0 Å². The smallest absolute Gasteiger partial charge is 0.176 e. The summed E-state index contributed by atoms with van der Waals surface area (Å²) in [4.78, 5) is -1.13. The average Bonchev–Trinajstić information content (AvgIpc) is 2.36. The van der Waals surface area contributed by atoms with E-state index in [-0.39, 0.29) is 5.92 Å². The first kappa shape index (κ1) is 16.7. The molecule has 0 aliphatic rings. The monoisotopic (exact) mass is 312 g/mol. The molecule has 0 saturated heterocycles. The van der Waals surface area contributed by atoms with E-state index in [1.807, 2.05) is 20.8 Å². The number of halogens is 4. The molecule has 0 nitrogen and oxygen atoms in total. The van der Waals surface area contributed by atoms with Crippen molar-refractivity contribution in [1.29, 1.82) is 0 Å². The summed E-state index contributed by atoms with van der Waals surface area (Å²) >= 11 is 1.60. The van der Waals surface area contributed by atoms with E-state index < -0.39 is 33.1 Å². The third-order valence-electron chi connectivity index (χ3n) is 2.19. The Morgan fingerprint density at radius 2 is 1.26 bits per heavy atom.